The van der Waals surface area contributed by atoms with E-state index in [2.05, 4.69) is 19.7 Å². The van der Waals surface area contributed by atoms with Crippen molar-refractivity contribution in [2.75, 3.05) is 5.32 Å². The van der Waals surface area contributed by atoms with Gasteiger partial charge < -0.3 is 0 Å². The fourth-order valence-corrected chi connectivity index (χ4v) is 2.10. The number of nitrogens with one attached hydrogen (secondary N) is 1. The molecule has 2 aromatic rings. The lowest BCUT2D eigenvalue weighted by Gasteiger charge is -2.02. The summed E-state index contributed by atoms with van der Waals surface area (Å²) >= 11 is 6.92. The highest BCUT2D eigenvalue weighted by Gasteiger charge is 2.10. The molecule has 17 heavy (non-hydrogen) atoms. The summed E-state index contributed by atoms with van der Waals surface area (Å²) in [5, 5.41) is 3.42. The highest BCUT2D eigenvalue weighted by atomic mass is 35.5. The molecule has 0 fully saturated rings. The van der Waals surface area contributed by atoms with Gasteiger partial charge in [-0.15, -0.1) is 0 Å². The Hall–Kier alpha value is -1.53. The number of nitrogens with zero attached hydrogens (tertiary/aromatic N) is 3. The molecule has 0 unspecified atom stereocenters. The van der Waals surface area contributed by atoms with Gasteiger partial charge in [0.1, 0.15) is 11.0 Å². The second kappa shape index (κ2) is 4.77. The van der Waals surface area contributed by atoms with Gasteiger partial charge in [-0.25, -0.2) is 9.97 Å². The summed E-state index contributed by atoms with van der Waals surface area (Å²) < 4.78 is 3.98. The van der Waals surface area contributed by atoms with Crippen molar-refractivity contribution in [3.05, 3.63) is 34.4 Å². The molecule has 1 amide bonds. The number of anilines is 1. The monoisotopic (exact) mass is 268 g/mol. The van der Waals surface area contributed by atoms with Crippen molar-refractivity contribution in [1.82, 2.24) is 14.3 Å². The zero-order chi connectivity index (χ0) is 12.4. The van der Waals surface area contributed by atoms with Gasteiger partial charge in [0, 0.05) is 22.8 Å². The van der Waals surface area contributed by atoms with Crippen molar-refractivity contribution in [2.24, 2.45) is 0 Å². The van der Waals surface area contributed by atoms with Crippen LogP contribution in [0.25, 0.3) is 0 Å². The van der Waals surface area contributed by atoms with Crippen molar-refractivity contribution in [1.29, 1.82) is 0 Å². The summed E-state index contributed by atoms with van der Waals surface area (Å²) in [6.07, 6.45) is 0. The van der Waals surface area contributed by atoms with Crippen LogP contribution in [0.5, 0.6) is 0 Å². The number of rotatable bonds is 2. The molecule has 0 spiro atoms. The van der Waals surface area contributed by atoms with Gasteiger partial charge in [-0.3, -0.25) is 10.1 Å². The number of amides is 1. The molecule has 2 aromatic heterocycles. The maximum absolute atomic E-state index is 11.9. The van der Waals surface area contributed by atoms with Crippen LogP contribution in [0.3, 0.4) is 0 Å². The van der Waals surface area contributed by atoms with E-state index in [1.54, 1.807) is 19.9 Å². The summed E-state index contributed by atoms with van der Waals surface area (Å²) in [4.78, 5) is 19.9. The zero-order valence-electron chi connectivity index (χ0n) is 9.19. The lowest BCUT2D eigenvalue weighted by Crippen LogP contribution is -2.12. The van der Waals surface area contributed by atoms with Gasteiger partial charge in [0.15, 0.2) is 0 Å². The number of aryl methyl sites for hydroxylation is 2. The molecular weight excluding hydrogens is 260 g/mol. The SMILES string of the molecule is Cc1cc(C(=O)Nc2nc(C)ns2)cc(Cl)n1. The highest BCUT2D eigenvalue weighted by Crippen LogP contribution is 2.14. The molecule has 0 aromatic carbocycles. The van der Waals surface area contributed by atoms with E-state index < -0.39 is 0 Å². The predicted octanol–water partition coefficient (Wildman–Crippen LogP) is 2.46. The third kappa shape index (κ3) is 2.98. The summed E-state index contributed by atoms with van der Waals surface area (Å²) in [6, 6.07) is 3.17. The topological polar surface area (TPSA) is 67.8 Å². The van der Waals surface area contributed by atoms with Crippen LogP contribution in [0, 0.1) is 13.8 Å². The minimum absolute atomic E-state index is 0.270. The van der Waals surface area contributed by atoms with Gasteiger partial charge in [0.2, 0.25) is 5.13 Å². The van der Waals surface area contributed by atoms with Crippen molar-refractivity contribution < 1.29 is 4.79 Å². The Balaban J connectivity index is 2.19. The number of hydrogen-bond donors (Lipinski definition) is 1. The molecule has 0 atom stereocenters. The fourth-order valence-electron chi connectivity index (χ4n) is 1.28. The Bertz CT molecular complexity index is 549. The number of pyridine rings is 1. The van der Waals surface area contributed by atoms with Crippen LogP contribution >= 0.6 is 23.1 Å². The van der Waals surface area contributed by atoms with E-state index in [0.717, 1.165) is 11.5 Å². The average molecular weight is 269 g/mol. The molecule has 0 radical (unpaired) electrons. The molecule has 1 N–H and O–H groups in total. The van der Waals surface area contributed by atoms with E-state index in [1.165, 1.54) is 6.07 Å². The van der Waals surface area contributed by atoms with Crippen LogP contribution in [-0.4, -0.2) is 20.2 Å². The first-order valence-corrected chi connectivity index (χ1v) is 5.95. The van der Waals surface area contributed by atoms with Crippen molar-refractivity contribution in [3.8, 4) is 0 Å². The van der Waals surface area contributed by atoms with Crippen LogP contribution in [0.4, 0.5) is 5.13 Å². The summed E-state index contributed by atoms with van der Waals surface area (Å²) in [5.74, 6) is 0.364. The Labute approximate surface area is 107 Å². The molecule has 7 heteroatoms. The molecule has 2 heterocycles. The zero-order valence-corrected chi connectivity index (χ0v) is 10.8. The lowest BCUT2D eigenvalue weighted by atomic mass is 10.2. The van der Waals surface area contributed by atoms with Crippen LogP contribution < -0.4 is 5.32 Å². The van der Waals surface area contributed by atoms with Gasteiger partial charge in [0.05, 0.1) is 0 Å². The average Bonchev–Trinajstić information content (AvgIpc) is 2.62. The van der Waals surface area contributed by atoms with Gasteiger partial charge in [-0.2, -0.15) is 4.37 Å². The third-order valence-electron chi connectivity index (χ3n) is 1.93. The minimum atomic E-state index is -0.270. The third-order valence-corrected chi connectivity index (χ3v) is 2.85. The quantitative estimate of drug-likeness (QED) is 0.850. The molecule has 0 aliphatic carbocycles. The minimum Gasteiger partial charge on any atom is -0.297 e. The van der Waals surface area contributed by atoms with Gasteiger partial charge in [-0.05, 0) is 26.0 Å². The maximum atomic E-state index is 11.9. The van der Waals surface area contributed by atoms with Gasteiger partial charge >= 0.3 is 0 Å². The number of halogens is 1. The maximum Gasteiger partial charge on any atom is 0.257 e. The number of carbonyl (C=O) groups excluding carboxylic acids is 1. The van der Waals surface area contributed by atoms with Crippen molar-refractivity contribution >= 4 is 34.2 Å². The molecule has 2 rings (SSSR count). The smallest absolute Gasteiger partial charge is 0.257 e. The first-order valence-electron chi connectivity index (χ1n) is 4.80. The summed E-state index contributed by atoms with van der Waals surface area (Å²) in [5.41, 5.74) is 1.14. The first-order chi connectivity index (χ1) is 8.04. The lowest BCUT2D eigenvalue weighted by molar-refractivity contribution is 0.102. The summed E-state index contributed by atoms with van der Waals surface area (Å²) in [6.45, 7) is 3.54. The molecule has 0 saturated heterocycles. The second-order valence-corrected chi connectivity index (χ2v) is 4.56. The van der Waals surface area contributed by atoms with E-state index in [9.17, 15) is 4.79 Å². The first kappa shape index (κ1) is 11.9. The number of carbonyl (C=O) groups is 1. The van der Waals surface area contributed by atoms with Crippen LogP contribution in [0.1, 0.15) is 21.9 Å². The molecule has 0 saturated carbocycles. The molecule has 0 aliphatic heterocycles. The van der Waals surface area contributed by atoms with Gasteiger partial charge in [-0.1, -0.05) is 11.6 Å². The van der Waals surface area contributed by atoms with E-state index in [0.29, 0.717) is 27.4 Å². The number of aromatic nitrogens is 3. The predicted molar refractivity (Wildman–Crippen MR) is 66.6 cm³/mol. The van der Waals surface area contributed by atoms with E-state index in [-0.39, 0.29) is 5.91 Å². The molecule has 0 aliphatic rings. The molecule has 0 bridgehead atoms. The molecular formula is C10H9ClN4OS. The van der Waals surface area contributed by atoms with Crippen LogP contribution in [0.15, 0.2) is 12.1 Å². The normalized spacial score (nSPS) is 10.3. The Morgan fingerprint density at radius 2 is 2.12 bits per heavy atom. The highest BCUT2D eigenvalue weighted by molar-refractivity contribution is 7.09. The number of hydrogen-bond acceptors (Lipinski definition) is 5. The standard InChI is InChI=1S/C10H9ClN4OS/c1-5-3-7(4-8(11)12-5)9(16)14-10-13-6(2)15-17-10/h3-4H,1-2H3,(H,13,14,15,16). The Morgan fingerprint density at radius 3 is 2.71 bits per heavy atom. The van der Waals surface area contributed by atoms with Crippen LogP contribution in [0.2, 0.25) is 5.15 Å². The van der Waals surface area contributed by atoms with Crippen molar-refractivity contribution in [2.45, 2.75) is 13.8 Å². The van der Waals surface area contributed by atoms with E-state index in [4.69, 9.17) is 11.6 Å². The summed E-state index contributed by atoms with van der Waals surface area (Å²) in [7, 11) is 0. The van der Waals surface area contributed by atoms with Gasteiger partial charge in [0.25, 0.3) is 5.91 Å². The molecule has 88 valence electrons. The van der Waals surface area contributed by atoms with E-state index >= 15 is 0 Å². The van der Waals surface area contributed by atoms with E-state index in [1.807, 2.05) is 0 Å². The van der Waals surface area contributed by atoms with Crippen molar-refractivity contribution in [3.63, 3.8) is 0 Å². The Morgan fingerprint density at radius 1 is 1.35 bits per heavy atom. The Kier molecular flexibility index (Phi) is 3.35. The molecule has 5 nitrogen and oxygen atoms in total. The van der Waals surface area contributed by atoms with Crippen LogP contribution in [-0.2, 0) is 0 Å². The largest absolute Gasteiger partial charge is 0.297 e. The fraction of sp³-hybridized carbons (Fsp3) is 0.200. The second-order valence-electron chi connectivity index (χ2n) is 3.42.